The van der Waals surface area contributed by atoms with Crippen LogP contribution in [-0.2, 0) is 11.3 Å². The highest BCUT2D eigenvalue weighted by Gasteiger charge is 2.18. The molecule has 1 aliphatic rings. The summed E-state index contributed by atoms with van der Waals surface area (Å²) in [6.45, 7) is 3.71. The molecule has 0 aromatic heterocycles. The average Bonchev–Trinajstić information content (AvgIpc) is 2.29. The van der Waals surface area contributed by atoms with Crippen LogP contribution >= 0.6 is 11.6 Å². The molecular formula is C13H16ClFN2O2. The third-order valence-corrected chi connectivity index (χ3v) is 3.37. The summed E-state index contributed by atoms with van der Waals surface area (Å²) in [7, 11) is 0. The highest BCUT2D eigenvalue weighted by Crippen LogP contribution is 2.16. The fourth-order valence-corrected chi connectivity index (χ4v) is 2.50. The molecule has 0 radical (unpaired) electrons. The number of hydrogen-bond acceptors (Lipinski definition) is 3. The molecule has 104 valence electrons. The zero-order valence-electron chi connectivity index (χ0n) is 10.5. The van der Waals surface area contributed by atoms with E-state index in [9.17, 15) is 9.18 Å². The van der Waals surface area contributed by atoms with E-state index in [0.717, 1.165) is 31.7 Å². The zero-order chi connectivity index (χ0) is 13.8. The molecule has 6 heteroatoms. The van der Waals surface area contributed by atoms with Crippen LogP contribution in [0.5, 0.6) is 0 Å². The summed E-state index contributed by atoms with van der Waals surface area (Å²) < 4.78 is 13.2. The van der Waals surface area contributed by atoms with E-state index in [-0.39, 0.29) is 12.4 Å². The molecule has 0 atom stereocenters. The summed E-state index contributed by atoms with van der Waals surface area (Å²) in [6.07, 6.45) is 0. The second-order valence-electron chi connectivity index (χ2n) is 4.72. The molecule has 0 saturated carbocycles. The van der Waals surface area contributed by atoms with Crippen LogP contribution in [0.15, 0.2) is 18.2 Å². The van der Waals surface area contributed by atoms with Crippen LogP contribution in [0.2, 0.25) is 5.02 Å². The summed E-state index contributed by atoms with van der Waals surface area (Å²) in [6, 6.07) is 4.53. The van der Waals surface area contributed by atoms with Gasteiger partial charge in [0.05, 0.1) is 6.54 Å². The van der Waals surface area contributed by atoms with Gasteiger partial charge in [-0.05, 0) is 23.8 Å². The highest BCUT2D eigenvalue weighted by atomic mass is 35.5. The molecule has 1 aromatic rings. The zero-order valence-corrected chi connectivity index (χ0v) is 11.2. The average molecular weight is 287 g/mol. The van der Waals surface area contributed by atoms with Crippen molar-refractivity contribution in [2.24, 2.45) is 0 Å². The highest BCUT2D eigenvalue weighted by molar-refractivity contribution is 6.30. The summed E-state index contributed by atoms with van der Waals surface area (Å²) in [5.74, 6) is -1.13. The number of nitrogens with zero attached hydrogens (tertiary/aromatic N) is 2. The molecule has 1 heterocycles. The van der Waals surface area contributed by atoms with Crippen molar-refractivity contribution in [1.29, 1.82) is 0 Å². The molecule has 1 aliphatic heterocycles. The Balaban J connectivity index is 1.86. The summed E-state index contributed by atoms with van der Waals surface area (Å²) in [5, 5.41) is 9.12. The van der Waals surface area contributed by atoms with Gasteiger partial charge in [0.1, 0.15) is 5.82 Å². The molecule has 0 unspecified atom stereocenters. The van der Waals surface area contributed by atoms with Gasteiger partial charge in [-0.3, -0.25) is 14.6 Å². The standard InChI is InChI=1S/C13H16ClFN2O2/c14-11-5-10(6-12(15)7-11)8-16-1-3-17(4-2-16)9-13(18)19/h5-7H,1-4,8-9H2,(H,18,19). The lowest BCUT2D eigenvalue weighted by molar-refractivity contribution is -0.138. The van der Waals surface area contributed by atoms with E-state index in [1.165, 1.54) is 12.1 Å². The monoisotopic (exact) mass is 286 g/mol. The smallest absolute Gasteiger partial charge is 0.317 e. The van der Waals surface area contributed by atoms with E-state index in [4.69, 9.17) is 16.7 Å². The Hall–Kier alpha value is -1.17. The second-order valence-corrected chi connectivity index (χ2v) is 5.16. The molecule has 1 aromatic carbocycles. The number of halogens is 2. The maximum absolute atomic E-state index is 13.2. The quantitative estimate of drug-likeness (QED) is 0.915. The van der Waals surface area contributed by atoms with Crippen molar-refractivity contribution in [3.8, 4) is 0 Å². The third-order valence-electron chi connectivity index (χ3n) is 3.15. The Bertz CT molecular complexity index is 442. The first kappa shape index (κ1) is 14.2. The molecule has 0 amide bonds. The molecule has 4 nitrogen and oxygen atoms in total. The molecule has 1 fully saturated rings. The van der Waals surface area contributed by atoms with Crippen molar-refractivity contribution in [1.82, 2.24) is 9.80 Å². The number of rotatable bonds is 4. The molecule has 0 spiro atoms. The predicted octanol–water partition coefficient (Wildman–Crippen LogP) is 1.68. The lowest BCUT2D eigenvalue weighted by Gasteiger charge is -2.33. The number of hydrogen-bond donors (Lipinski definition) is 1. The number of carboxylic acids is 1. The topological polar surface area (TPSA) is 43.8 Å². The maximum atomic E-state index is 13.2. The Morgan fingerprint density at radius 2 is 1.84 bits per heavy atom. The lowest BCUT2D eigenvalue weighted by atomic mass is 10.2. The van der Waals surface area contributed by atoms with E-state index < -0.39 is 5.97 Å². The Kier molecular flexibility index (Phi) is 4.74. The van der Waals surface area contributed by atoms with Crippen LogP contribution < -0.4 is 0 Å². The van der Waals surface area contributed by atoms with Crippen LogP contribution in [0.4, 0.5) is 4.39 Å². The minimum absolute atomic E-state index is 0.0830. The molecule has 0 aliphatic carbocycles. The largest absolute Gasteiger partial charge is 0.480 e. The fourth-order valence-electron chi connectivity index (χ4n) is 2.26. The SMILES string of the molecule is O=C(O)CN1CCN(Cc2cc(F)cc(Cl)c2)CC1. The molecule has 1 saturated heterocycles. The maximum Gasteiger partial charge on any atom is 0.317 e. The number of aliphatic carboxylic acids is 1. The van der Waals surface area contributed by atoms with E-state index in [1.807, 2.05) is 4.90 Å². The molecule has 19 heavy (non-hydrogen) atoms. The summed E-state index contributed by atoms with van der Waals surface area (Å²) in [5.41, 5.74) is 0.844. The first-order valence-electron chi connectivity index (χ1n) is 6.14. The summed E-state index contributed by atoms with van der Waals surface area (Å²) >= 11 is 5.82. The Labute approximate surface area is 116 Å². The van der Waals surface area contributed by atoms with Gasteiger partial charge in [-0.1, -0.05) is 11.6 Å². The Morgan fingerprint density at radius 1 is 1.21 bits per heavy atom. The third kappa shape index (κ3) is 4.45. The van der Waals surface area contributed by atoms with Crippen molar-refractivity contribution in [3.63, 3.8) is 0 Å². The van der Waals surface area contributed by atoms with Gasteiger partial charge in [0.15, 0.2) is 0 Å². The van der Waals surface area contributed by atoms with E-state index in [2.05, 4.69) is 4.90 Å². The lowest BCUT2D eigenvalue weighted by Crippen LogP contribution is -2.47. The minimum Gasteiger partial charge on any atom is -0.480 e. The molecule has 0 bridgehead atoms. The number of benzene rings is 1. The van der Waals surface area contributed by atoms with Crippen LogP contribution in [0.3, 0.4) is 0 Å². The van der Waals surface area contributed by atoms with Crippen LogP contribution in [0.25, 0.3) is 0 Å². The van der Waals surface area contributed by atoms with Gasteiger partial charge < -0.3 is 5.11 Å². The molecule has 2 rings (SSSR count). The van der Waals surface area contributed by atoms with E-state index in [1.54, 1.807) is 6.07 Å². The van der Waals surface area contributed by atoms with Gasteiger partial charge in [-0.25, -0.2) is 4.39 Å². The van der Waals surface area contributed by atoms with Crippen molar-refractivity contribution in [3.05, 3.63) is 34.6 Å². The second kappa shape index (κ2) is 6.32. The number of carboxylic acid groups (broad SMARTS) is 1. The van der Waals surface area contributed by atoms with Crippen LogP contribution in [0, 0.1) is 5.82 Å². The van der Waals surface area contributed by atoms with Gasteiger partial charge in [0, 0.05) is 37.7 Å². The van der Waals surface area contributed by atoms with Crippen LogP contribution in [-0.4, -0.2) is 53.6 Å². The fraction of sp³-hybridized carbons (Fsp3) is 0.462. The summed E-state index contributed by atoms with van der Waals surface area (Å²) in [4.78, 5) is 14.7. The van der Waals surface area contributed by atoms with Crippen molar-refractivity contribution < 1.29 is 14.3 Å². The van der Waals surface area contributed by atoms with Gasteiger partial charge >= 0.3 is 5.97 Å². The van der Waals surface area contributed by atoms with Crippen molar-refractivity contribution >= 4 is 17.6 Å². The molecular weight excluding hydrogens is 271 g/mol. The van der Waals surface area contributed by atoms with Gasteiger partial charge in [0.2, 0.25) is 0 Å². The predicted molar refractivity (Wildman–Crippen MR) is 70.8 cm³/mol. The van der Waals surface area contributed by atoms with Crippen molar-refractivity contribution in [2.75, 3.05) is 32.7 Å². The molecule has 1 N–H and O–H groups in total. The van der Waals surface area contributed by atoms with Gasteiger partial charge in [-0.15, -0.1) is 0 Å². The minimum atomic E-state index is -0.801. The normalized spacial score (nSPS) is 17.6. The van der Waals surface area contributed by atoms with Crippen molar-refractivity contribution in [2.45, 2.75) is 6.54 Å². The Morgan fingerprint density at radius 3 is 2.42 bits per heavy atom. The van der Waals surface area contributed by atoms with E-state index >= 15 is 0 Å². The van der Waals surface area contributed by atoms with Crippen LogP contribution in [0.1, 0.15) is 5.56 Å². The number of carbonyl (C=O) groups is 1. The first-order chi connectivity index (χ1) is 9.02. The number of piperazine rings is 1. The van der Waals surface area contributed by atoms with E-state index in [0.29, 0.717) is 11.6 Å². The van der Waals surface area contributed by atoms with Gasteiger partial charge in [-0.2, -0.15) is 0 Å². The van der Waals surface area contributed by atoms with Gasteiger partial charge in [0.25, 0.3) is 0 Å². The first-order valence-corrected chi connectivity index (χ1v) is 6.52.